The van der Waals surface area contributed by atoms with Crippen molar-refractivity contribution >= 4 is 29.3 Å². The van der Waals surface area contributed by atoms with Crippen LogP contribution >= 0.6 is 11.6 Å². The Labute approximate surface area is 127 Å². The van der Waals surface area contributed by atoms with Crippen LogP contribution < -0.4 is 10.6 Å². The van der Waals surface area contributed by atoms with Gasteiger partial charge in [-0.1, -0.05) is 25.4 Å². The summed E-state index contributed by atoms with van der Waals surface area (Å²) in [5, 5.41) is 22.9. The second kappa shape index (κ2) is 7.50. The largest absolute Gasteiger partial charge is 0.480 e. The SMILES string of the molecule is CC(C)C[C@@H](NC(=O)Nc1cc(C#N)ccc1Cl)C(=O)O. The van der Waals surface area contributed by atoms with Crippen LogP contribution in [0.1, 0.15) is 25.8 Å². The van der Waals surface area contributed by atoms with E-state index >= 15 is 0 Å². The van der Waals surface area contributed by atoms with Gasteiger partial charge in [0.1, 0.15) is 6.04 Å². The van der Waals surface area contributed by atoms with E-state index in [1.165, 1.54) is 18.2 Å². The Morgan fingerprint density at radius 3 is 2.62 bits per heavy atom. The minimum atomic E-state index is -1.10. The molecule has 0 unspecified atom stereocenters. The van der Waals surface area contributed by atoms with Gasteiger partial charge in [-0.15, -0.1) is 0 Å². The van der Waals surface area contributed by atoms with Crippen LogP contribution in [0.2, 0.25) is 5.02 Å². The molecule has 0 radical (unpaired) electrons. The van der Waals surface area contributed by atoms with Crippen LogP contribution in [0.3, 0.4) is 0 Å². The van der Waals surface area contributed by atoms with Crippen LogP contribution in [0.4, 0.5) is 10.5 Å². The first kappa shape index (κ1) is 16.8. The van der Waals surface area contributed by atoms with Gasteiger partial charge in [-0.2, -0.15) is 5.26 Å². The molecular formula is C14H16ClN3O3. The molecule has 0 saturated heterocycles. The zero-order valence-electron chi connectivity index (χ0n) is 11.7. The molecule has 0 fully saturated rings. The number of hydrogen-bond acceptors (Lipinski definition) is 3. The number of rotatable bonds is 5. The predicted molar refractivity (Wildman–Crippen MR) is 79.2 cm³/mol. The van der Waals surface area contributed by atoms with Crippen LogP contribution in [0, 0.1) is 17.2 Å². The molecule has 6 nitrogen and oxygen atoms in total. The number of nitriles is 1. The molecule has 3 N–H and O–H groups in total. The first-order valence-corrected chi connectivity index (χ1v) is 6.71. The maximum Gasteiger partial charge on any atom is 0.326 e. The van der Waals surface area contributed by atoms with Gasteiger partial charge in [0.05, 0.1) is 22.3 Å². The van der Waals surface area contributed by atoms with Gasteiger partial charge in [0.25, 0.3) is 0 Å². The highest BCUT2D eigenvalue weighted by Gasteiger charge is 2.21. The Hall–Kier alpha value is -2.26. The summed E-state index contributed by atoms with van der Waals surface area (Å²) >= 11 is 5.91. The van der Waals surface area contributed by atoms with E-state index < -0.39 is 18.0 Å². The molecule has 0 spiro atoms. The lowest BCUT2D eigenvalue weighted by atomic mass is 10.0. The zero-order valence-corrected chi connectivity index (χ0v) is 12.4. The van der Waals surface area contributed by atoms with Gasteiger partial charge >= 0.3 is 12.0 Å². The number of benzene rings is 1. The Morgan fingerprint density at radius 1 is 1.43 bits per heavy atom. The van der Waals surface area contributed by atoms with Gasteiger partial charge in [0.15, 0.2) is 0 Å². The highest BCUT2D eigenvalue weighted by atomic mass is 35.5. The predicted octanol–water partition coefficient (Wildman–Crippen LogP) is 2.83. The fourth-order valence-electron chi connectivity index (χ4n) is 1.70. The minimum Gasteiger partial charge on any atom is -0.480 e. The van der Waals surface area contributed by atoms with E-state index in [4.69, 9.17) is 22.0 Å². The van der Waals surface area contributed by atoms with Crippen LogP contribution in [0.5, 0.6) is 0 Å². The summed E-state index contributed by atoms with van der Waals surface area (Å²) in [5.74, 6) is -0.979. The number of anilines is 1. The quantitative estimate of drug-likeness (QED) is 0.778. The standard InChI is InChI=1S/C14H16ClN3O3/c1-8(2)5-12(13(19)20)18-14(21)17-11-6-9(7-16)3-4-10(11)15/h3-4,6,8,12H,5H2,1-2H3,(H,19,20)(H2,17,18,21)/t12-/m1/s1. The number of halogens is 1. The van der Waals surface area contributed by atoms with E-state index in [1.54, 1.807) is 0 Å². The van der Waals surface area contributed by atoms with E-state index in [2.05, 4.69) is 10.6 Å². The van der Waals surface area contributed by atoms with Crippen molar-refractivity contribution in [1.29, 1.82) is 5.26 Å². The van der Waals surface area contributed by atoms with Gasteiger partial charge < -0.3 is 15.7 Å². The molecule has 0 aliphatic heterocycles. The summed E-state index contributed by atoms with van der Waals surface area (Å²) in [7, 11) is 0. The number of carboxylic acids is 1. The van der Waals surface area contributed by atoms with Crippen LogP contribution in [-0.4, -0.2) is 23.1 Å². The Kier molecular flexibility index (Phi) is 6.00. The average molecular weight is 310 g/mol. The normalized spacial score (nSPS) is 11.6. The molecule has 0 aliphatic rings. The van der Waals surface area contributed by atoms with Crippen molar-refractivity contribution < 1.29 is 14.7 Å². The summed E-state index contributed by atoms with van der Waals surface area (Å²) in [6, 6.07) is 4.68. The number of amides is 2. The maximum atomic E-state index is 11.8. The Balaban J connectivity index is 2.77. The molecule has 21 heavy (non-hydrogen) atoms. The minimum absolute atomic E-state index is 0.122. The van der Waals surface area contributed by atoms with Crippen molar-refractivity contribution in [3.63, 3.8) is 0 Å². The summed E-state index contributed by atoms with van der Waals surface area (Å²) in [6.07, 6.45) is 0.314. The summed E-state index contributed by atoms with van der Waals surface area (Å²) in [5.41, 5.74) is 0.591. The van der Waals surface area contributed by atoms with Crippen molar-refractivity contribution in [2.75, 3.05) is 5.32 Å². The fraction of sp³-hybridized carbons (Fsp3) is 0.357. The Bertz CT molecular complexity index is 581. The summed E-state index contributed by atoms with van der Waals surface area (Å²) < 4.78 is 0. The highest BCUT2D eigenvalue weighted by molar-refractivity contribution is 6.33. The molecule has 0 heterocycles. The molecule has 2 amide bonds. The van der Waals surface area contributed by atoms with Crippen molar-refractivity contribution in [1.82, 2.24) is 5.32 Å². The van der Waals surface area contributed by atoms with Gasteiger partial charge in [0.2, 0.25) is 0 Å². The van der Waals surface area contributed by atoms with Gasteiger partial charge in [-0.25, -0.2) is 9.59 Å². The number of aliphatic carboxylic acids is 1. The smallest absolute Gasteiger partial charge is 0.326 e. The molecule has 1 rings (SSSR count). The second-order valence-electron chi connectivity index (χ2n) is 4.93. The van der Waals surface area contributed by atoms with Crippen molar-refractivity contribution in [3.8, 4) is 6.07 Å². The third-order valence-corrected chi connectivity index (χ3v) is 2.98. The lowest BCUT2D eigenvalue weighted by Crippen LogP contribution is -2.43. The molecule has 1 aromatic rings. The first-order valence-electron chi connectivity index (χ1n) is 6.33. The third kappa shape index (κ3) is 5.32. The van der Waals surface area contributed by atoms with Crippen LogP contribution in [0.15, 0.2) is 18.2 Å². The maximum absolute atomic E-state index is 11.8. The molecule has 0 aromatic heterocycles. The number of nitrogens with zero attached hydrogens (tertiary/aromatic N) is 1. The van der Waals surface area contributed by atoms with E-state index in [9.17, 15) is 9.59 Å². The van der Waals surface area contributed by atoms with E-state index in [0.717, 1.165) is 0 Å². The molecule has 1 atom stereocenters. The monoisotopic (exact) mass is 309 g/mol. The zero-order chi connectivity index (χ0) is 16.0. The molecule has 112 valence electrons. The summed E-state index contributed by atoms with van der Waals surface area (Å²) in [6.45, 7) is 3.73. The summed E-state index contributed by atoms with van der Waals surface area (Å²) in [4.78, 5) is 22.9. The highest BCUT2D eigenvalue weighted by Crippen LogP contribution is 2.22. The lowest BCUT2D eigenvalue weighted by Gasteiger charge is -2.17. The van der Waals surface area contributed by atoms with Crippen molar-refractivity contribution in [2.24, 2.45) is 5.92 Å². The molecule has 0 bridgehead atoms. The van der Waals surface area contributed by atoms with Gasteiger partial charge in [-0.05, 0) is 30.5 Å². The van der Waals surface area contributed by atoms with E-state index in [1.807, 2.05) is 19.9 Å². The number of carbonyl (C=O) groups excluding carboxylic acids is 1. The molecular weight excluding hydrogens is 294 g/mol. The van der Waals surface area contributed by atoms with Crippen LogP contribution in [-0.2, 0) is 4.79 Å². The number of carbonyl (C=O) groups is 2. The second-order valence-corrected chi connectivity index (χ2v) is 5.33. The Morgan fingerprint density at radius 2 is 2.10 bits per heavy atom. The van der Waals surface area contributed by atoms with Crippen molar-refractivity contribution in [3.05, 3.63) is 28.8 Å². The third-order valence-electron chi connectivity index (χ3n) is 2.65. The number of urea groups is 1. The van der Waals surface area contributed by atoms with Gasteiger partial charge in [0, 0.05) is 0 Å². The molecule has 1 aromatic carbocycles. The molecule has 0 aliphatic carbocycles. The first-order chi connectivity index (χ1) is 9.83. The van der Waals surface area contributed by atoms with Crippen LogP contribution in [0.25, 0.3) is 0 Å². The molecule has 7 heteroatoms. The number of hydrogen-bond donors (Lipinski definition) is 3. The number of carboxylic acid groups (broad SMARTS) is 1. The topological polar surface area (TPSA) is 102 Å². The molecule has 0 saturated carbocycles. The van der Waals surface area contributed by atoms with E-state index in [-0.39, 0.29) is 16.6 Å². The lowest BCUT2D eigenvalue weighted by molar-refractivity contribution is -0.139. The average Bonchev–Trinajstić information content (AvgIpc) is 2.39. The van der Waals surface area contributed by atoms with Gasteiger partial charge in [-0.3, -0.25) is 0 Å². The van der Waals surface area contributed by atoms with E-state index in [0.29, 0.717) is 12.0 Å². The fourth-order valence-corrected chi connectivity index (χ4v) is 1.86. The van der Waals surface area contributed by atoms with Crippen molar-refractivity contribution in [2.45, 2.75) is 26.3 Å². The number of nitrogens with one attached hydrogen (secondary N) is 2.